The topological polar surface area (TPSA) is 108 Å². The number of aliphatic imine (C=N–C) groups is 1. The Labute approximate surface area is 108 Å². The Bertz CT molecular complexity index is 276. The van der Waals surface area contributed by atoms with Crippen LogP contribution in [-0.2, 0) is 14.3 Å². The molecule has 6 heteroatoms. The van der Waals surface area contributed by atoms with Crippen molar-refractivity contribution in [3.63, 3.8) is 0 Å². The number of unbranched alkanes of at least 4 members (excludes halogenated alkanes) is 1. The van der Waals surface area contributed by atoms with Crippen LogP contribution in [0.5, 0.6) is 0 Å². The second-order valence-electron chi connectivity index (χ2n) is 4.15. The molecule has 0 aliphatic carbocycles. The maximum absolute atomic E-state index is 11.6. The van der Waals surface area contributed by atoms with Gasteiger partial charge in [0.1, 0.15) is 11.9 Å². The third-order valence-electron chi connectivity index (χ3n) is 2.49. The van der Waals surface area contributed by atoms with Gasteiger partial charge in [-0.15, -0.1) is 0 Å². The third-order valence-corrected chi connectivity index (χ3v) is 2.49. The van der Waals surface area contributed by atoms with Crippen LogP contribution in [0.15, 0.2) is 4.99 Å². The molecule has 0 aromatic rings. The molecule has 0 aliphatic heterocycles. The lowest BCUT2D eigenvalue weighted by Crippen LogP contribution is -2.23. The molecule has 0 fully saturated rings. The summed E-state index contributed by atoms with van der Waals surface area (Å²) in [5, 5.41) is 0. The Morgan fingerprint density at radius 3 is 2.67 bits per heavy atom. The number of ether oxygens (including phenoxy) is 1. The van der Waals surface area contributed by atoms with Crippen LogP contribution in [-0.4, -0.2) is 30.9 Å². The lowest BCUT2D eigenvalue weighted by molar-refractivity contribution is -0.136. The monoisotopic (exact) mass is 257 g/mol. The van der Waals surface area contributed by atoms with Gasteiger partial charge in [-0.2, -0.15) is 0 Å². The van der Waals surface area contributed by atoms with Gasteiger partial charge in [-0.1, -0.05) is 13.3 Å². The summed E-state index contributed by atoms with van der Waals surface area (Å²) in [5.41, 5.74) is 10.4. The minimum absolute atomic E-state index is 0.0434. The molecule has 0 aliphatic rings. The second-order valence-corrected chi connectivity index (χ2v) is 4.15. The molecule has 0 bridgehead atoms. The predicted molar refractivity (Wildman–Crippen MR) is 70.0 cm³/mol. The number of guanidine groups is 1. The zero-order chi connectivity index (χ0) is 13.8. The summed E-state index contributed by atoms with van der Waals surface area (Å²) in [6.45, 7) is 2.89. The lowest BCUT2D eigenvalue weighted by atomic mass is 10.0. The first kappa shape index (κ1) is 16.4. The fourth-order valence-corrected chi connectivity index (χ4v) is 1.55. The molecule has 0 aromatic carbocycles. The fourth-order valence-electron chi connectivity index (χ4n) is 1.55. The highest BCUT2D eigenvalue weighted by molar-refractivity contribution is 5.79. The molecule has 0 heterocycles. The molecule has 0 radical (unpaired) electrons. The van der Waals surface area contributed by atoms with Gasteiger partial charge >= 0.3 is 0 Å². The average molecular weight is 257 g/mol. The summed E-state index contributed by atoms with van der Waals surface area (Å²) >= 11 is 0. The largest absolute Gasteiger partial charge is 0.464 e. The number of Topliss-reactive ketones (excluding diaryl/α,β-unsaturated/α-hetero) is 1. The predicted octanol–water partition coefficient (Wildman–Crippen LogP) is 0.731. The molecule has 1 unspecified atom stereocenters. The van der Waals surface area contributed by atoms with E-state index < -0.39 is 0 Å². The summed E-state index contributed by atoms with van der Waals surface area (Å²) in [5.74, 6) is 0.174. The van der Waals surface area contributed by atoms with Gasteiger partial charge in [0.25, 0.3) is 6.47 Å². The van der Waals surface area contributed by atoms with E-state index in [1.165, 1.54) is 0 Å². The van der Waals surface area contributed by atoms with Crippen molar-refractivity contribution < 1.29 is 14.3 Å². The molecular weight excluding hydrogens is 234 g/mol. The molecule has 18 heavy (non-hydrogen) atoms. The average Bonchev–Trinajstić information content (AvgIpc) is 2.32. The molecular formula is C12H23N3O3. The number of hydrogen-bond donors (Lipinski definition) is 2. The van der Waals surface area contributed by atoms with E-state index in [1.807, 2.05) is 6.92 Å². The SMILES string of the molecule is CCCCC(=O)CC(CCCN=C(N)N)OC=O. The van der Waals surface area contributed by atoms with Gasteiger partial charge in [0, 0.05) is 19.4 Å². The van der Waals surface area contributed by atoms with Crippen LogP contribution in [0.4, 0.5) is 0 Å². The first-order valence-corrected chi connectivity index (χ1v) is 6.26. The molecule has 0 spiro atoms. The van der Waals surface area contributed by atoms with Crippen LogP contribution >= 0.6 is 0 Å². The number of carbonyl (C=O) groups excluding carboxylic acids is 2. The molecule has 104 valence electrons. The smallest absolute Gasteiger partial charge is 0.293 e. The summed E-state index contributed by atoms with van der Waals surface area (Å²) in [6, 6.07) is 0. The Kier molecular flexibility index (Phi) is 9.62. The van der Waals surface area contributed by atoms with E-state index in [9.17, 15) is 9.59 Å². The standard InChI is InChI=1S/C12H23N3O3/c1-2-3-5-10(17)8-11(18-9-16)6-4-7-15-12(13)14/h9,11H,2-8H2,1H3,(H4,13,14,15). The van der Waals surface area contributed by atoms with Gasteiger partial charge in [0.05, 0.1) is 0 Å². The minimum atomic E-state index is -0.360. The van der Waals surface area contributed by atoms with E-state index >= 15 is 0 Å². The highest BCUT2D eigenvalue weighted by Gasteiger charge is 2.14. The first-order chi connectivity index (χ1) is 8.60. The van der Waals surface area contributed by atoms with E-state index in [2.05, 4.69) is 4.99 Å². The van der Waals surface area contributed by atoms with Crippen molar-refractivity contribution in [3.05, 3.63) is 0 Å². The highest BCUT2D eigenvalue weighted by Crippen LogP contribution is 2.10. The number of hydrogen-bond acceptors (Lipinski definition) is 4. The molecule has 1 atom stereocenters. The van der Waals surface area contributed by atoms with Crippen molar-refractivity contribution in [3.8, 4) is 0 Å². The number of carbonyl (C=O) groups is 2. The molecule has 0 rings (SSSR count). The zero-order valence-electron chi connectivity index (χ0n) is 10.9. The van der Waals surface area contributed by atoms with E-state index in [0.29, 0.717) is 32.3 Å². The van der Waals surface area contributed by atoms with Crippen LogP contribution in [0.25, 0.3) is 0 Å². The van der Waals surface area contributed by atoms with Crippen LogP contribution in [0, 0.1) is 0 Å². The van der Waals surface area contributed by atoms with Gasteiger partial charge in [-0.25, -0.2) is 0 Å². The van der Waals surface area contributed by atoms with E-state index in [4.69, 9.17) is 16.2 Å². The Hall–Kier alpha value is -1.59. The second kappa shape index (κ2) is 10.6. The Balaban J connectivity index is 3.94. The van der Waals surface area contributed by atoms with E-state index in [-0.39, 0.29) is 24.3 Å². The molecule has 0 amide bonds. The minimum Gasteiger partial charge on any atom is -0.464 e. The van der Waals surface area contributed by atoms with Crippen molar-refractivity contribution in [1.29, 1.82) is 0 Å². The molecule has 4 N–H and O–H groups in total. The van der Waals surface area contributed by atoms with Crippen LogP contribution in [0.3, 0.4) is 0 Å². The van der Waals surface area contributed by atoms with Crippen molar-refractivity contribution in [2.45, 2.75) is 51.6 Å². The van der Waals surface area contributed by atoms with Gasteiger partial charge in [0.15, 0.2) is 5.96 Å². The van der Waals surface area contributed by atoms with Crippen LogP contribution in [0.2, 0.25) is 0 Å². The molecule has 0 saturated carbocycles. The highest BCUT2D eigenvalue weighted by atomic mass is 16.5. The maximum Gasteiger partial charge on any atom is 0.293 e. The van der Waals surface area contributed by atoms with Crippen molar-refractivity contribution >= 4 is 18.2 Å². The maximum atomic E-state index is 11.6. The zero-order valence-corrected chi connectivity index (χ0v) is 10.9. The van der Waals surface area contributed by atoms with E-state index in [0.717, 1.165) is 12.8 Å². The molecule has 6 nitrogen and oxygen atoms in total. The summed E-state index contributed by atoms with van der Waals surface area (Å²) < 4.78 is 4.89. The third kappa shape index (κ3) is 9.62. The quantitative estimate of drug-likeness (QED) is 0.245. The van der Waals surface area contributed by atoms with Crippen LogP contribution < -0.4 is 11.5 Å². The fraction of sp³-hybridized carbons (Fsp3) is 0.750. The number of nitrogens with two attached hydrogens (primary N) is 2. The van der Waals surface area contributed by atoms with Crippen molar-refractivity contribution in [2.24, 2.45) is 16.5 Å². The normalized spacial score (nSPS) is 11.6. The number of rotatable bonds is 11. The van der Waals surface area contributed by atoms with Gasteiger partial charge in [0.2, 0.25) is 0 Å². The van der Waals surface area contributed by atoms with Crippen LogP contribution in [0.1, 0.15) is 45.4 Å². The number of ketones is 1. The Morgan fingerprint density at radius 1 is 1.39 bits per heavy atom. The lowest BCUT2D eigenvalue weighted by Gasteiger charge is -2.13. The van der Waals surface area contributed by atoms with E-state index in [1.54, 1.807) is 0 Å². The summed E-state index contributed by atoms with van der Waals surface area (Å²) in [4.78, 5) is 25.7. The van der Waals surface area contributed by atoms with Gasteiger partial charge < -0.3 is 16.2 Å². The summed E-state index contributed by atoms with van der Waals surface area (Å²) in [7, 11) is 0. The molecule has 0 aromatic heterocycles. The van der Waals surface area contributed by atoms with Gasteiger partial charge in [-0.05, 0) is 19.3 Å². The molecule has 0 saturated heterocycles. The number of nitrogens with zero attached hydrogens (tertiary/aromatic N) is 1. The van der Waals surface area contributed by atoms with Crippen molar-refractivity contribution in [1.82, 2.24) is 0 Å². The first-order valence-electron chi connectivity index (χ1n) is 6.26. The van der Waals surface area contributed by atoms with Crippen molar-refractivity contribution in [2.75, 3.05) is 6.54 Å². The Morgan fingerprint density at radius 2 is 2.11 bits per heavy atom. The van der Waals surface area contributed by atoms with Gasteiger partial charge in [-0.3, -0.25) is 14.6 Å². The summed E-state index contributed by atoms with van der Waals surface area (Å²) in [6.07, 6.45) is 3.59.